The molecule has 0 heteroatoms. The van der Waals surface area contributed by atoms with Crippen LogP contribution in [0.5, 0.6) is 0 Å². The molecule has 0 bridgehead atoms. The Morgan fingerprint density at radius 3 is 2.52 bits per heavy atom. The molecule has 0 saturated heterocycles. The summed E-state index contributed by atoms with van der Waals surface area (Å²) in [6, 6.07) is 0. The quantitative estimate of drug-likeness (QED) is 0.415. The smallest absolute Gasteiger partial charge is 0.0134 e. The van der Waals surface area contributed by atoms with Crippen LogP contribution in [0, 0.1) is 29.1 Å². The van der Waals surface area contributed by atoms with Gasteiger partial charge in [0.1, 0.15) is 0 Å². The lowest BCUT2D eigenvalue weighted by atomic mass is 9.67. The molecule has 0 radical (unpaired) electrons. The molecule has 144 valence electrons. The first kappa shape index (κ1) is 20.8. The number of allylic oxidation sites excluding steroid dienone is 4. The third-order valence-electron chi connectivity index (χ3n) is 6.70. The summed E-state index contributed by atoms with van der Waals surface area (Å²) in [4.78, 5) is 0. The van der Waals surface area contributed by atoms with Crippen LogP contribution < -0.4 is 0 Å². The van der Waals surface area contributed by atoms with Crippen molar-refractivity contribution in [2.45, 2.75) is 106 Å². The lowest BCUT2D eigenvalue weighted by molar-refractivity contribution is 0.202. The first-order chi connectivity index (χ1) is 11.8. The van der Waals surface area contributed by atoms with E-state index < -0.39 is 0 Å². The number of hydrogen-bond donors (Lipinski definition) is 0. The van der Waals surface area contributed by atoms with Crippen LogP contribution in [0.15, 0.2) is 23.3 Å². The molecule has 2 aliphatic carbocycles. The number of rotatable bonds is 8. The Morgan fingerprint density at radius 1 is 1.12 bits per heavy atom. The highest BCUT2D eigenvalue weighted by atomic mass is 14.4. The maximum Gasteiger partial charge on any atom is -0.0134 e. The van der Waals surface area contributed by atoms with Crippen LogP contribution in [-0.4, -0.2) is 0 Å². The van der Waals surface area contributed by atoms with Gasteiger partial charge in [-0.1, -0.05) is 72.1 Å². The molecule has 3 atom stereocenters. The summed E-state index contributed by atoms with van der Waals surface area (Å²) in [5.41, 5.74) is 4.05. The zero-order valence-electron chi connectivity index (χ0n) is 18.0. The average Bonchev–Trinajstić information content (AvgIpc) is 2.55. The lowest BCUT2D eigenvalue weighted by Crippen LogP contribution is -2.26. The van der Waals surface area contributed by atoms with Crippen molar-refractivity contribution in [3.63, 3.8) is 0 Å². The highest BCUT2D eigenvalue weighted by molar-refractivity contribution is 5.34. The minimum absolute atomic E-state index is 0.457. The Hall–Kier alpha value is -0.520. The zero-order chi connectivity index (χ0) is 18.4. The van der Waals surface area contributed by atoms with E-state index in [-0.39, 0.29) is 0 Å². The fourth-order valence-corrected chi connectivity index (χ4v) is 5.25. The summed E-state index contributed by atoms with van der Waals surface area (Å²) >= 11 is 0. The van der Waals surface area contributed by atoms with Gasteiger partial charge >= 0.3 is 0 Å². The summed E-state index contributed by atoms with van der Waals surface area (Å²) in [5.74, 6) is 3.49. The van der Waals surface area contributed by atoms with Crippen LogP contribution in [0.1, 0.15) is 106 Å². The monoisotopic (exact) mass is 344 g/mol. The molecule has 0 nitrogen and oxygen atoms in total. The molecular formula is C25H44. The highest BCUT2D eigenvalue weighted by Crippen LogP contribution is 2.45. The molecule has 2 aliphatic rings. The predicted octanol–water partition coefficient (Wildman–Crippen LogP) is 8.34. The van der Waals surface area contributed by atoms with Gasteiger partial charge in [0.25, 0.3) is 0 Å². The summed E-state index contributed by atoms with van der Waals surface area (Å²) in [5, 5.41) is 0. The van der Waals surface area contributed by atoms with Gasteiger partial charge in [0.15, 0.2) is 0 Å². The summed E-state index contributed by atoms with van der Waals surface area (Å²) in [6.45, 7) is 14.5. The van der Waals surface area contributed by atoms with E-state index in [2.05, 4.69) is 53.7 Å². The number of unbranched alkanes of at least 4 members (excludes halogenated alkanes) is 1. The van der Waals surface area contributed by atoms with Gasteiger partial charge in [-0.2, -0.15) is 0 Å². The van der Waals surface area contributed by atoms with Crippen molar-refractivity contribution >= 4 is 0 Å². The molecule has 0 aromatic heterocycles. The van der Waals surface area contributed by atoms with Crippen LogP contribution in [0.4, 0.5) is 0 Å². The second-order valence-corrected chi connectivity index (χ2v) is 10.4. The van der Waals surface area contributed by atoms with Gasteiger partial charge in [-0.3, -0.25) is 0 Å². The highest BCUT2D eigenvalue weighted by Gasteiger charge is 2.32. The van der Waals surface area contributed by atoms with Gasteiger partial charge in [-0.25, -0.2) is 0 Å². The predicted molar refractivity (Wildman–Crippen MR) is 113 cm³/mol. The zero-order valence-corrected chi connectivity index (χ0v) is 18.0. The lowest BCUT2D eigenvalue weighted by Gasteiger charge is -2.38. The second kappa shape index (κ2) is 9.43. The fraction of sp³-hybridized carbons (Fsp3) is 0.840. The molecule has 0 N–H and O–H groups in total. The van der Waals surface area contributed by atoms with E-state index >= 15 is 0 Å². The Bertz CT molecular complexity index is 457. The third kappa shape index (κ3) is 6.30. The summed E-state index contributed by atoms with van der Waals surface area (Å²) < 4.78 is 0. The Balaban J connectivity index is 2.08. The van der Waals surface area contributed by atoms with E-state index in [1.165, 1.54) is 64.2 Å². The standard InChI is InChI=1S/C25H44/c1-7-8-11-20-14-15-21-12-9-10-13-23(21)24(20)17-16-22(19(2)3)18-25(4,5)6/h10,13,19-20,22,24H,7-9,11-12,14-18H2,1-6H3. The fourth-order valence-electron chi connectivity index (χ4n) is 5.25. The van der Waals surface area contributed by atoms with E-state index in [9.17, 15) is 0 Å². The van der Waals surface area contributed by atoms with E-state index in [4.69, 9.17) is 0 Å². The van der Waals surface area contributed by atoms with Crippen LogP contribution in [0.2, 0.25) is 0 Å². The third-order valence-corrected chi connectivity index (χ3v) is 6.70. The molecule has 0 heterocycles. The molecule has 0 saturated carbocycles. The average molecular weight is 345 g/mol. The Morgan fingerprint density at radius 2 is 1.88 bits per heavy atom. The molecule has 0 aromatic carbocycles. The molecule has 0 spiro atoms. The van der Waals surface area contributed by atoms with Crippen molar-refractivity contribution in [1.82, 2.24) is 0 Å². The van der Waals surface area contributed by atoms with Gasteiger partial charge in [0.2, 0.25) is 0 Å². The molecular weight excluding hydrogens is 300 g/mol. The Kier molecular flexibility index (Phi) is 7.84. The van der Waals surface area contributed by atoms with Crippen LogP contribution in [0.3, 0.4) is 0 Å². The van der Waals surface area contributed by atoms with Gasteiger partial charge < -0.3 is 0 Å². The van der Waals surface area contributed by atoms with Crippen LogP contribution in [-0.2, 0) is 0 Å². The first-order valence-electron chi connectivity index (χ1n) is 11.2. The topological polar surface area (TPSA) is 0 Å². The minimum Gasteiger partial charge on any atom is -0.0839 e. The van der Waals surface area contributed by atoms with Gasteiger partial charge in [0, 0.05) is 0 Å². The van der Waals surface area contributed by atoms with Crippen molar-refractivity contribution in [3.05, 3.63) is 23.3 Å². The molecule has 25 heavy (non-hydrogen) atoms. The first-order valence-corrected chi connectivity index (χ1v) is 11.2. The van der Waals surface area contributed by atoms with E-state index in [1.54, 1.807) is 5.57 Å². The van der Waals surface area contributed by atoms with Gasteiger partial charge in [-0.15, -0.1) is 0 Å². The van der Waals surface area contributed by atoms with Crippen molar-refractivity contribution in [1.29, 1.82) is 0 Å². The molecule has 0 fully saturated rings. The molecule has 0 amide bonds. The van der Waals surface area contributed by atoms with E-state index in [0.717, 1.165) is 23.7 Å². The molecule has 0 aliphatic heterocycles. The molecule has 3 unspecified atom stereocenters. The van der Waals surface area contributed by atoms with Gasteiger partial charge in [-0.05, 0) is 86.0 Å². The number of hydrogen-bond acceptors (Lipinski definition) is 0. The normalized spacial score (nSPS) is 25.4. The van der Waals surface area contributed by atoms with Crippen LogP contribution in [0.25, 0.3) is 0 Å². The van der Waals surface area contributed by atoms with Crippen LogP contribution >= 0.6 is 0 Å². The minimum atomic E-state index is 0.457. The molecule has 0 aromatic rings. The maximum absolute atomic E-state index is 2.52. The summed E-state index contributed by atoms with van der Waals surface area (Å²) in [6.07, 6.45) is 18.9. The SMILES string of the molecule is CCCCC1CCC2=C(C=CCC2)C1CCC(CC(C)(C)C)C(C)C. The van der Waals surface area contributed by atoms with Crippen molar-refractivity contribution in [2.24, 2.45) is 29.1 Å². The van der Waals surface area contributed by atoms with Gasteiger partial charge in [0.05, 0.1) is 0 Å². The Labute approximate surface area is 158 Å². The second-order valence-electron chi connectivity index (χ2n) is 10.4. The van der Waals surface area contributed by atoms with Crippen molar-refractivity contribution in [3.8, 4) is 0 Å². The summed E-state index contributed by atoms with van der Waals surface area (Å²) in [7, 11) is 0. The van der Waals surface area contributed by atoms with Crippen molar-refractivity contribution in [2.75, 3.05) is 0 Å². The van der Waals surface area contributed by atoms with E-state index in [1.807, 2.05) is 5.57 Å². The van der Waals surface area contributed by atoms with E-state index in [0.29, 0.717) is 5.41 Å². The largest absolute Gasteiger partial charge is 0.0839 e. The van der Waals surface area contributed by atoms with Crippen molar-refractivity contribution < 1.29 is 0 Å². The molecule has 2 rings (SSSR count). The maximum atomic E-state index is 2.52.